The van der Waals surface area contributed by atoms with Gasteiger partial charge < -0.3 is 4.74 Å². The van der Waals surface area contributed by atoms with E-state index in [0.717, 1.165) is 36.4 Å². The van der Waals surface area contributed by atoms with Crippen molar-refractivity contribution in [3.8, 4) is 5.75 Å². The van der Waals surface area contributed by atoms with Crippen LogP contribution in [0.15, 0.2) is 29.6 Å². The number of rotatable bonds is 4. The molecule has 0 spiro atoms. The Hall–Kier alpha value is -1.65. The van der Waals surface area contributed by atoms with Crippen molar-refractivity contribution in [1.29, 1.82) is 0 Å². The minimum absolute atomic E-state index is 0.0933. The number of carbonyl (C=O) groups is 1. The molecule has 0 saturated heterocycles. The van der Waals surface area contributed by atoms with Gasteiger partial charge in [-0.05, 0) is 55.5 Å². The standard InChI is InChI=1S/C18H21NO2S/c1-12-16-7-9-22-18(16)6-8-19(12)11-15-10-14(13(2)20)4-5-17(15)21-3/h4-5,7,9-10,12H,6,8,11H2,1-3H3. The van der Waals surface area contributed by atoms with E-state index in [9.17, 15) is 4.79 Å². The van der Waals surface area contributed by atoms with Gasteiger partial charge in [0.1, 0.15) is 5.75 Å². The molecular weight excluding hydrogens is 294 g/mol. The van der Waals surface area contributed by atoms with Crippen LogP contribution in [-0.2, 0) is 13.0 Å². The Bertz CT molecular complexity index is 692. The predicted octanol–water partition coefficient (Wildman–Crippen LogP) is 4.08. The van der Waals surface area contributed by atoms with E-state index < -0.39 is 0 Å². The van der Waals surface area contributed by atoms with Gasteiger partial charge >= 0.3 is 0 Å². The predicted molar refractivity (Wildman–Crippen MR) is 89.8 cm³/mol. The summed E-state index contributed by atoms with van der Waals surface area (Å²) in [5.41, 5.74) is 3.27. The third-order valence-electron chi connectivity index (χ3n) is 4.46. The van der Waals surface area contributed by atoms with E-state index in [1.807, 2.05) is 29.5 Å². The first-order valence-corrected chi connectivity index (χ1v) is 8.46. The molecule has 1 atom stereocenters. The number of fused-ring (bicyclic) bond motifs is 1. The molecule has 0 fully saturated rings. The minimum Gasteiger partial charge on any atom is -0.496 e. The van der Waals surface area contributed by atoms with Gasteiger partial charge in [-0.1, -0.05) is 0 Å². The van der Waals surface area contributed by atoms with Crippen LogP contribution < -0.4 is 4.74 Å². The van der Waals surface area contributed by atoms with Crippen molar-refractivity contribution in [2.24, 2.45) is 0 Å². The summed E-state index contributed by atoms with van der Waals surface area (Å²) in [6.07, 6.45) is 1.10. The third kappa shape index (κ3) is 2.81. The lowest BCUT2D eigenvalue weighted by molar-refractivity contribution is 0.101. The number of carbonyl (C=O) groups excluding carboxylic acids is 1. The van der Waals surface area contributed by atoms with Crippen LogP contribution in [0, 0.1) is 0 Å². The van der Waals surface area contributed by atoms with Crippen LogP contribution in [-0.4, -0.2) is 24.3 Å². The van der Waals surface area contributed by atoms with Crippen molar-refractivity contribution >= 4 is 17.1 Å². The Kier molecular flexibility index (Phi) is 4.32. The molecule has 0 aliphatic carbocycles. The highest BCUT2D eigenvalue weighted by molar-refractivity contribution is 7.10. The van der Waals surface area contributed by atoms with Crippen molar-refractivity contribution in [2.75, 3.05) is 13.7 Å². The molecule has 1 aliphatic heterocycles. The fourth-order valence-corrected chi connectivity index (χ4v) is 4.08. The number of ketones is 1. The molecular formula is C18H21NO2S. The summed E-state index contributed by atoms with van der Waals surface area (Å²) in [4.78, 5) is 15.6. The summed E-state index contributed by atoms with van der Waals surface area (Å²) < 4.78 is 5.48. The average molecular weight is 315 g/mol. The fraction of sp³-hybridized carbons (Fsp3) is 0.389. The van der Waals surface area contributed by atoms with E-state index in [1.165, 1.54) is 10.4 Å². The topological polar surface area (TPSA) is 29.5 Å². The maximum Gasteiger partial charge on any atom is 0.159 e. The van der Waals surface area contributed by atoms with Crippen LogP contribution in [0.1, 0.15) is 46.3 Å². The van der Waals surface area contributed by atoms with Gasteiger partial charge in [-0.15, -0.1) is 11.3 Å². The quantitative estimate of drug-likeness (QED) is 0.796. The molecule has 1 aromatic carbocycles. The molecule has 1 aliphatic rings. The van der Waals surface area contributed by atoms with E-state index >= 15 is 0 Å². The van der Waals surface area contributed by atoms with Gasteiger partial charge in [-0.2, -0.15) is 0 Å². The molecule has 3 nitrogen and oxygen atoms in total. The van der Waals surface area contributed by atoms with E-state index in [1.54, 1.807) is 14.0 Å². The highest BCUT2D eigenvalue weighted by Crippen LogP contribution is 2.34. The maximum atomic E-state index is 11.6. The second-order valence-corrected chi connectivity index (χ2v) is 6.78. The Morgan fingerprint density at radius 3 is 2.95 bits per heavy atom. The number of benzene rings is 1. The normalized spacial score (nSPS) is 18.0. The molecule has 0 bridgehead atoms. The fourth-order valence-electron chi connectivity index (χ4n) is 3.12. The van der Waals surface area contributed by atoms with Gasteiger partial charge in [0.25, 0.3) is 0 Å². The molecule has 22 heavy (non-hydrogen) atoms. The van der Waals surface area contributed by atoms with Gasteiger partial charge in [-0.3, -0.25) is 9.69 Å². The van der Waals surface area contributed by atoms with E-state index in [0.29, 0.717) is 6.04 Å². The Balaban J connectivity index is 1.87. The van der Waals surface area contributed by atoms with E-state index in [2.05, 4.69) is 23.3 Å². The summed E-state index contributed by atoms with van der Waals surface area (Å²) in [5.74, 6) is 0.948. The Morgan fingerprint density at radius 1 is 1.41 bits per heavy atom. The lowest BCUT2D eigenvalue weighted by atomic mass is 9.99. The van der Waals surface area contributed by atoms with Crippen LogP contribution in [0.25, 0.3) is 0 Å². The smallest absolute Gasteiger partial charge is 0.159 e. The molecule has 2 aromatic rings. The first kappa shape index (κ1) is 15.3. The summed E-state index contributed by atoms with van der Waals surface area (Å²) in [7, 11) is 1.68. The van der Waals surface area contributed by atoms with Crippen molar-refractivity contribution < 1.29 is 9.53 Å². The lowest BCUT2D eigenvalue weighted by Gasteiger charge is -2.34. The summed E-state index contributed by atoms with van der Waals surface area (Å²) in [6.45, 7) is 5.71. The van der Waals surface area contributed by atoms with Gasteiger partial charge in [-0.25, -0.2) is 0 Å². The van der Waals surface area contributed by atoms with E-state index in [-0.39, 0.29) is 5.78 Å². The van der Waals surface area contributed by atoms with Crippen LogP contribution in [0.2, 0.25) is 0 Å². The van der Waals surface area contributed by atoms with Gasteiger partial charge in [0.2, 0.25) is 0 Å². The SMILES string of the molecule is COc1ccc(C(C)=O)cc1CN1CCc2sccc2C1C. The number of hydrogen-bond donors (Lipinski definition) is 0. The molecule has 3 rings (SSSR count). The molecule has 1 unspecified atom stereocenters. The first-order valence-electron chi connectivity index (χ1n) is 7.58. The molecule has 116 valence electrons. The highest BCUT2D eigenvalue weighted by Gasteiger charge is 2.25. The molecule has 0 saturated carbocycles. The first-order chi connectivity index (χ1) is 10.6. The van der Waals surface area contributed by atoms with Crippen LogP contribution in [0.4, 0.5) is 0 Å². The number of Topliss-reactive ketones (excluding diaryl/α,β-unsaturated/α-hetero) is 1. The average Bonchev–Trinajstić information content (AvgIpc) is 2.99. The molecule has 0 amide bonds. The maximum absolute atomic E-state index is 11.6. The molecule has 4 heteroatoms. The second-order valence-electron chi connectivity index (χ2n) is 5.78. The monoisotopic (exact) mass is 315 g/mol. The number of ether oxygens (including phenoxy) is 1. The summed E-state index contributed by atoms with van der Waals surface area (Å²) in [5, 5.41) is 2.18. The highest BCUT2D eigenvalue weighted by atomic mass is 32.1. The lowest BCUT2D eigenvalue weighted by Crippen LogP contribution is -2.32. The Labute approximate surface area is 135 Å². The molecule has 0 N–H and O–H groups in total. The minimum atomic E-state index is 0.0933. The number of hydrogen-bond acceptors (Lipinski definition) is 4. The number of methoxy groups -OCH3 is 1. The van der Waals surface area contributed by atoms with Crippen LogP contribution in [0.3, 0.4) is 0 Å². The Morgan fingerprint density at radius 2 is 2.23 bits per heavy atom. The van der Waals surface area contributed by atoms with Gasteiger partial charge in [0, 0.05) is 35.1 Å². The number of nitrogens with zero attached hydrogens (tertiary/aromatic N) is 1. The zero-order chi connectivity index (χ0) is 15.7. The van der Waals surface area contributed by atoms with Crippen molar-refractivity contribution in [3.05, 3.63) is 51.2 Å². The molecule has 0 radical (unpaired) electrons. The summed E-state index contributed by atoms with van der Waals surface area (Å²) >= 11 is 1.86. The largest absolute Gasteiger partial charge is 0.496 e. The molecule has 2 heterocycles. The van der Waals surface area contributed by atoms with Crippen LogP contribution >= 0.6 is 11.3 Å². The zero-order valence-corrected chi connectivity index (χ0v) is 14.1. The van der Waals surface area contributed by atoms with Gasteiger partial charge in [0.05, 0.1) is 7.11 Å². The van der Waals surface area contributed by atoms with Gasteiger partial charge in [0.15, 0.2) is 5.78 Å². The van der Waals surface area contributed by atoms with Crippen molar-refractivity contribution in [3.63, 3.8) is 0 Å². The molecule has 1 aromatic heterocycles. The van der Waals surface area contributed by atoms with Crippen molar-refractivity contribution in [2.45, 2.75) is 32.9 Å². The second kappa shape index (κ2) is 6.23. The number of thiophene rings is 1. The van der Waals surface area contributed by atoms with Crippen LogP contribution in [0.5, 0.6) is 5.75 Å². The zero-order valence-electron chi connectivity index (χ0n) is 13.3. The van der Waals surface area contributed by atoms with E-state index in [4.69, 9.17) is 4.74 Å². The van der Waals surface area contributed by atoms with Crippen molar-refractivity contribution in [1.82, 2.24) is 4.90 Å². The summed E-state index contributed by atoms with van der Waals surface area (Å²) in [6, 6.07) is 8.34. The third-order valence-corrected chi connectivity index (χ3v) is 5.46.